The van der Waals surface area contributed by atoms with Gasteiger partial charge in [0, 0.05) is 6.04 Å². The molecule has 0 saturated heterocycles. The number of rotatable bonds is 1. The maximum atomic E-state index is 12.3. The lowest BCUT2D eigenvalue weighted by molar-refractivity contribution is -0.218. The molecule has 1 aliphatic carbocycles. The lowest BCUT2D eigenvalue weighted by Gasteiger charge is -2.42. The molecule has 1 rings (SSSR count). The van der Waals surface area contributed by atoms with Gasteiger partial charge in [0.25, 0.3) is 0 Å². The highest BCUT2D eigenvalue weighted by atomic mass is 19.4. The summed E-state index contributed by atoms with van der Waals surface area (Å²) in [5, 5.41) is 0. The summed E-state index contributed by atoms with van der Waals surface area (Å²) in [4.78, 5) is 11.5. The highest BCUT2D eigenvalue weighted by Crippen LogP contribution is 2.44. The fourth-order valence-electron chi connectivity index (χ4n) is 1.66. The fourth-order valence-corrected chi connectivity index (χ4v) is 1.66. The predicted octanol–water partition coefficient (Wildman–Crippen LogP) is 1.85. The van der Waals surface area contributed by atoms with Crippen molar-refractivity contribution in [1.29, 1.82) is 0 Å². The first kappa shape index (κ1) is 13.3. The summed E-state index contributed by atoms with van der Waals surface area (Å²) >= 11 is 0. The van der Waals surface area contributed by atoms with Crippen molar-refractivity contribution in [1.82, 2.24) is 0 Å². The molecule has 0 heterocycles. The molecule has 0 aromatic heterocycles. The Balaban J connectivity index is 2.53. The molecule has 6 heteroatoms. The molecule has 3 nitrogen and oxygen atoms in total. The van der Waals surface area contributed by atoms with Gasteiger partial charge in [0.15, 0.2) is 0 Å². The second kappa shape index (κ2) is 3.91. The van der Waals surface area contributed by atoms with Crippen molar-refractivity contribution in [3.05, 3.63) is 0 Å². The van der Waals surface area contributed by atoms with Crippen molar-refractivity contribution in [3.8, 4) is 0 Å². The van der Waals surface area contributed by atoms with Crippen molar-refractivity contribution in [2.75, 3.05) is 0 Å². The van der Waals surface area contributed by atoms with Gasteiger partial charge in [-0.25, -0.2) is 0 Å². The van der Waals surface area contributed by atoms with E-state index in [1.165, 1.54) is 0 Å². The number of carbonyl (C=O) groups excluding carboxylic acids is 1. The number of nitrogens with two attached hydrogens (primary N) is 1. The first-order valence-corrected chi connectivity index (χ1v) is 5.07. The fraction of sp³-hybridized carbons (Fsp3) is 0.900. The minimum Gasteiger partial charge on any atom is -0.460 e. The van der Waals surface area contributed by atoms with E-state index in [1.54, 1.807) is 20.8 Å². The Bertz CT molecular complexity index is 283. The van der Waals surface area contributed by atoms with Crippen LogP contribution in [0.5, 0.6) is 0 Å². The molecule has 16 heavy (non-hydrogen) atoms. The van der Waals surface area contributed by atoms with E-state index in [-0.39, 0.29) is 6.42 Å². The summed E-state index contributed by atoms with van der Waals surface area (Å²) in [6, 6.07) is -1.17. The highest BCUT2D eigenvalue weighted by molar-refractivity contribution is 5.75. The van der Waals surface area contributed by atoms with Gasteiger partial charge in [-0.15, -0.1) is 0 Å². The van der Waals surface area contributed by atoms with Gasteiger partial charge in [-0.05, 0) is 27.2 Å². The molecule has 0 aromatic rings. The Morgan fingerprint density at radius 2 is 1.81 bits per heavy atom. The quantitative estimate of drug-likeness (QED) is 0.710. The van der Waals surface area contributed by atoms with Crippen LogP contribution in [0.25, 0.3) is 0 Å². The number of hydrogen-bond donors (Lipinski definition) is 1. The molecule has 0 aliphatic heterocycles. The molecule has 0 spiro atoms. The summed E-state index contributed by atoms with van der Waals surface area (Å²) in [5.74, 6) is -3.05. The van der Waals surface area contributed by atoms with Crippen LogP contribution in [0, 0.1) is 11.8 Å². The number of hydrogen-bond acceptors (Lipinski definition) is 3. The van der Waals surface area contributed by atoms with Crippen LogP contribution in [0.1, 0.15) is 27.2 Å². The third-order valence-corrected chi connectivity index (χ3v) is 2.57. The number of ether oxygens (including phenoxy) is 1. The molecule has 0 aromatic carbocycles. The van der Waals surface area contributed by atoms with E-state index in [9.17, 15) is 18.0 Å². The standard InChI is InChI=1S/C10H16F3NO2/c1-9(2,3)16-8(15)5-4-6(7(5)14)10(11,12)13/h5-7H,4,14H2,1-3H3/t5-,6-,7-/m1/s1. The zero-order valence-electron chi connectivity index (χ0n) is 9.47. The number of alkyl halides is 3. The van der Waals surface area contributed by atoms with Crippen LogP contribution in [0.15, 0.2) is 0 Å². The summed E-state index contributed by atoms with van der Waals surface area (Å²) in [6.45, 7) is 4.99. The maximum Gasteiger partial charge on any atom is 0.393 e. The smallest absolute Gasteiger partial charge is 0.393 e. The van der Waals surface area contributed by atoms with Crippen molar-refractivity contribution in [2.24, 2.45) is 17.6 Å². The molecular weight excluding hydrogens is 223 g/mol. The normalized spacial score (nSPS) is 30.8. The summed E-state index contributed by atoms with van der Waals surface area (Å²) in [6.07, 6.45) is -4.59. The van der Waals surface area contributed by atoms with Crippen LogP contribution in [0.4, 0.5) is 13.2 Å². The second-order valence-corrected chi connectivity index (χ2v) is 5.10. The Morgan fingerprint density at radius 3 is 2.12 bits per heavy atom. The van der Waals surface area contributed by atoms with Crippen molar-refractivity contribution < 1.29 is 22.7 Å². The van der Waals surface area contributed by atoms with E-state index in [0.717, 1.165) is 0 Å². The third kappa shape index (κ3) is 2.87. The Hall–Kier alpha value is -0.780. The molecule has 94 valence electrons. The van der Waals surface area contributed by atoms with Crippen LogP contribution in [-0.2, 0) is 9.53 Å². The number of esters is 1. The summed E-state index contributed by atoms with van der Waals surface area (Å²) < 4.78 is 41.9. The summed E-state index contributed by atoms with van der Waals surface area (Å²) in [5.41, 5.74) is 4.66. The first-order chi connectivity index (χ1) is 7.02. The van der Waals surface area contributed by atoms with Crippen LogP contribution in [-0.4, -0.2) is 23.8 Å². The molecule has 3 atom stereocenters. The topological polar surface area (TPSA) is 52.3 Å². The van der Waals surface area contributed by atoms with Gasteiger partial charge in [0.2, 0.25) is 0 Å². The van der Waals surface area contributed by atoms with Crippen molar-refractivity contribution in [2.45, 2.75) is 45.0 Å². The zero-order valence-corrected chi connectivity index (χ0v) is 9.47. The average molecular weight is 239 g/mol. The minimum absolute atomic E-state index is 0.264. The van der Waals surface area contributed by atoms with Crippen LogP contribution >= 0.6 is 0 Å². The Kier molecular flexibility index (Phi) is 3.24. The Morgan fingerprint density at radius 1 is 1.31 bits per heavy atom. The van der Waals surface area contributed by atoms with Crippen molar-refractivity contribution in [3.63, 3.8) is 0 Å². The molecule has 2 N–H and O–H groups in total. The van der Waals surface area contributed by atoms with Gasteiger partial charge in [-0.2, -0.15) is 13.2 Å². The molecule has 1 fully saturated rings. The lowest BCUT2D eigenvalue weighted by atomic mass is 9.70. The van der Waals surface area contributed by atoms with Crippen molar-refractivity contribution >= 4 is 5.97 Å². The average Bonchev–Trinajstić information content (AvgIpc) is 1.94. The van der Waals surface area contributed by atoms with Gasteiger partial charge in [0.05, 0.1) is 11.8 Å². The largest absolute Gasteiger partial charge is 0.460 e. The monoisotopic (exact) mass is 239 g/mol. The molecule has 0 bridgehead atoms. The summed E-state index contributed by atoms with van der Waals surface area (Å²) in [7, 11) is 0. The molecular formula is C10H16F3NO2. The third-order valence-electron chi connectivity index (χ3n) is 2.57. The van der Waals surface area contributed by atoms with E-state index < -0.39 is 35.6 Å². The zero-order chi connectivity index (χ0) is 12.7. The van der Waals surface area contributed by atoms with Gasteiger partial charge >= 0.3 is 12.1 Å². The SMILES string of the molecule is CC(C)(C)OC(=O)[C@@H]1C[C@@H](C(F)(F)F)[C@@H]1N. The van der Waals surface area contributed by atoms with Crippen LogP contribution in [0.3, 0.4) is 0 Å². The van der Waals surface area contributed by atoms with Crippen LogP contribution in [0.2, 0.25) is 0 Å². The molecule has 0 radical (unpaired) electrons. The van der Waals surface area contributed by atoms with E-state index in [0.29, 0.717) is 0 Å². The molecule has 0 unspecified atom stereocenters. The molecule has 1 aliphatic rings. The van der Waals surface area contributed by atoms with E-state index in [4.69, 9.17) is 10.5 Å². The maximum absolute atomic E-state index is 12.3. The second-order valence-electron chi connectivity index (χ2n) is 5.10. The minimum atomic E-state index is -4.32. The molecule has 0 amide bonds. The molecule has 1 saturated carbocycles. The van der Waals surface area contributed by atoms with Gasteiger partial charge in [-0.3, -0.25) is 4.79 Å². The highest BCUT2D eigenvalue weighted by Gasteiger charge is 2.56. The number of carbonyl (C=O) groups is 1. The Labute approximate surface area is 92.1 Å². The predicted molar refractivity (Wildman–Crippen MR) is 51.5 cm³/mol. The van der Waals surface area contributed by atoms with Gasteiger partial charge in [-0.1, -0.05) is 0 Å². The van der Waals surface area contributed by atoms with Crippen LogP contribution < -0.4 is 5.73 Å². The van der Waals surface area contributed by atoms with E-state index in [2.05, 4.69) is 0 Å². The van der Waals surface area contributed by atoms with E-state index in [1.807, 2.05) is 0 Å². The first-order valence-electron chi connectivity index (χ1n) is 5.07. The van der Waals surface area contributed by atoms with Gasteiger partial charge < -0.3 is 10.5 Å². The number of halogens is 3. The lowest BCUT2D eigenvalue weighted by Crippen LogP contribution is -2.58. The van der Waals surface area contributed by atoms with Gasteiger partial charge in [0.1, 0.15) is 5.60 Å². The van der Waals surface area contributed by atoms with E-state index >= 15 is 0 Å².